The molecule has 1 aliphatic heterocycles. The van der Waals surface area contributed by atoms with Crippen LogP contribution in [0, 0.1) is 0 Å². The minimum atomic E-state index is -0.373. The average molecular weight is 461 g/mol. The number of hydrogen-bond acceptors (Lipinski definition) is 5. The Morgan fingerprint density at radius 3 is 2.66 bits per heavy atom. The minimum Gasteiger partial charge on any atom is -0.440 e. The summed E-state index contributed by atoms with van der Waals surface area (Å²) in [5.74, 6) is 1.02. The molecule has 4 rings (SSSR count). The number of halogens is 3. The van der Waals surface area contributed by atoms with Crippen molar-refractivity contribution in [3.05, 3.63) is 47.1 Å². The lowest BCUT2D eigenvalue weighted by atomic mass is 9.96. The van der Waals surface area contributed by atoms with Crippen LogP contribution in [-0.4, -0.2) is 45.7 Å². The molecule has 7 nitrogen and oxygen atoms in total. The van der Waals surface area contributed by atoms with Gasteiger partial charge >= 0.3 is 0 Å². The number of aromatic nitrogens is 3. The Morgan fingerprint density at radius 1 is 1.31 bits per heavy atom. The molecule has 10 heteroatoms. The van der Waals surface area contributed by atoms with E-state index in [-0.39, 0.29) is 42.7 Å². The summed E-state index contributed by atoms with van der Waals surface area (Å²) in [4.78, 5) is 19.4. The van der Waals surface area contributed by atoms with Gasteiger partial charge in [-0.05, 0) is 38.1 Å². The highest BCUT2D eigenvalue weighted by atomic mass is 35.5. The number of nitrogens with one attached hydrogen (secondary N) is 1. The van der Waals surface area contributed by atoms with Gasteiger partial charge in [0.1, 0.15) is 11.6 Å². The van der Waals surface area contributed by atoms with Gasteiger partial charge in [-0.3, -0.25) is 9.48 Å². The highest BCUT2D eigenvalue weighted by Gasteiger charge is 2.31. The molecule has 3 aromatic rings. The number of likely N-dealkylation sites (tertiary alicyclic amines) is 1. The lowest BCUT2D eigenvalue weighted by Crippen LogP contribution is -2.43. The average Bonchev–Trinajstić information content (AvgIpc) is 3.28. The largest absolute Gasteiger partial charge is 0.440 e. The van der Waals surface area contributed by atoms with Crippen molar-refractivity contribution in [1.82, 2.24) is 25.0 Å². The van der Waals surface area contributed by atoms with E-state index in [1.165, 1.54) is 0 Å². The fraction of sp³-hybridized carbons (Fsp3) is 0.421. The number of likely N-dealkylation sites (N-methyl/N-ethyl adjacent to an activating group) is 1. The Hall–Kier alpha value is -1.80. The molecule has 1 amide bonds. The van der Waals surface area contributed by atoms with Crippen molar-refractivity contribution in [1.29, 1.82) is 0 Å². The molecule has 0 radical (unpaired) electrons. The summed E-state index contributed by atoms with van der Waals surface area (Å²) in [6, 6.07) is 5.09. The Bertz CT molecular complexity index is 966. The van der Waals surface area contributed by atoms with Crippen LogP contribution < -0.4 is 5.32 Å². The van der Waals surface area contributed by atoms with Gasteiger partial charge in [0, 0.05) is 42.8 Å². The van der Waals surface area contributed by atoms with E-state index in [0.717, 1.165) is 35.4 Å². The second-order valence-electron chi connectivity index (χ2n) is 6.93. The first-order valence-corrected chi connectivity index (χ1v) is 9.43. The molecule has 1 N–H and O–H groups in total. The van der Waals surface area contributed by atoms with Crippen LogP contribution in [0.2, 0.25) is 5.02 Å². The zero-order valence-electron chi connectivity index (χ0n) is 16.2. The van der Waals surface area contributed by atoms with Crippen LogP contribution in [0.3, 0.4) is 0 Å². The number of fused-ring (bicyclic) bond motifs is 1. The van der Waals surface area contributed by atoms with E-state index in [1.54, 1.807) is 24.0 Å². The quantitative estimate of drug-likeness (QED) is 0.642. The van der Waals surface area contributed by atoms with Gasteiger partial charge in [-0.2, -0.15) is 5.10 Å². The van der Waals surface area contributed by atoms with Gasteiger partial charge in [-0.15, -0.1) is 24.8 Å². The second-order valence-corrected chi connectivity index (χ2v) is 7.37. The zero-order valence-corrected chi connectivity index (χ0v) is 18.6. The summed E-state index contributed by atoms with van der Waals surface area (Å²) in [6.07, 6.45) is 5.26. The summed E-state index contributed by atoms with van der Waals surface area (Å²) in [5, 5.41) is 7.92. The smallest absolute Gasteiger partial charge is 0.244 e. The SMILES string of the molecule is CNC(C(=O)N1CCC(c2nc3cc(Cl)ccc3o2)CC1)c1cnn(C)c1.Cl.Cl. The van der Waals surface area contributed by atoms with Crippen LogP contribution in [0.25, 0.3) is 11.1 Å². The number of piperidine rings is 1. The summed E-state index contributed by atoms with van der Waals surface area (Å²) in [5.41, 5.74) is 2.41. The minimum absolute atomic E-state index is 0. The van der Waals surface area contributed by atoms with Crippen LogP contribution in [-0.2, 0) is 11.8 Å². The summed E-state index contributed by atoms with van der Waals surface area (Å²) in [7, 11) is 3.64. The molecule has 0 saturated carbocycles. The molecule has 1 aliphatic rings. The third-order valence-corrected chi connectivity index (χ3v) is 5.35. The molecule has 1 unspecified atom stereocenters. The molecular weight excluding hydrogens is 437 g/mol. The van der Waals surface area contributed by atoms with Crippen LogP contribution in [0.4, 0.5) is 0 Å². The fourth-order valence-corrected chi connectivity index (χ4v) is 3.81. The van der Waals surface area contributed by atoms with Crippen LogP contribution in [0.1, 0.15) is 36.3 Å². The Balaban J connectivity index is 0.00000150. The molecule has 29 heavy (non-hydrogen) atoms. The molecule has 3 heterocycles. The molecule has 0 spiro atoms. The van der Waals surface area contributed by atoms with E-state index in [1.807, 2.05) is 30.3 Å². The fourth-order valence-electron chi connectivity index (χ4n) is 3.64. The number of rotatable bonds is 4. The van der Waals surface area contributed by atoms with E-state index in [9.17, 15) is 4.79 Å². The maximum Gasteiger partial charge on any atom is 0.244 e. The first kappa shape index (κ1) is 23.5. The van der Waals surface area contributed by atoms with Crippen LogP contribution >= 0.6 is 36.4 Å². The summed E-state index contributed by atoms with van der Waals surface area (Å²) in [6.45, 7) is 1.36. The van der Waals surface area contributed by atoms with E-state index in [0.29, 0.717) is 18.1 Å². The van der Waals surface area contributed by atoms with Gasteiger partial charge in [-0.1, -0.05) is 11.6 Å². The maximum atomic E-state index is 12.9. The van der Waals surface area contributed by atoms with Gasteiger partial charge in [0.25, 0.3) is 0 Å². The molecule has 1 saturated heterocycles. The third-order valence-electron chi connectivity index (χ3n) is 5.12. The molecule has 1 fully saturated rings. The van der Waals surface area contributed by atoms with Gasteiger partial charge < -0.3 is 14.6 Å². The first-order chi connectivity index (χ1) is 13.0. The Kier molecular flexibility index (Phi) is 7.94. The van der Waals surface area contributed by atoms with Crippen molar-refractivity contribution < 1.29 is 9.21 Å². The van der Waals surface area contributed by atoms with Gasteiger partial charge in [0.2, 0.25) is 5.91 Å². The normalized spacial score (nSPS) is 15.6. The lowest BCUT2D eigenvalue weighted by molar-refractivity contribution is -0.134. The van der Waals surface area contributed by atoms with Crippen molar-refractivity contribution in [2.45, 2.75) is 24.8 Å². The number of aryl methyl sites for hydroxylation is 1. The second kappa shape index (κ2) is 9.80. The standard InChI is InChI=1S/C19H22ClN5O2.2ClH/c1-21-17(13-10-22-24(2)11-13)19(26)25-7-5-12(6-8-25)18-23-15-9-14(20)3-4-16(15)27-18;;/h3-4,9-12,17,21H,5-8H2,1-2H3;2*1H. The van der Waals surface area contributed by atoms with E-state index < -0.39 is 0 Å². The number of carbonyl (C=O) groups is 1. The van der Waals surface area contributed by atoms with Crippen LogP contribution in [0.5, 0.6) is 0 Å². The zero-order chi connectivity index (χ0) is 19.0. The third kappa shape index (κ3) is 4.86. The molecular formula is C19H24Cl3N5O2. The van der Waals surface area contributed by atoms with Crippen molar-refractivity contribution in [3.8, 4) is 0 Å². The number of nitrogens with zero attached hydrogens (tertiary/aromatic N) is 4. The predicted molar refractivity (Wildman–Crippen MR) is 117 cm³/mol. The van der Waals surface area contributed by atoms with Crippen molar-refractivity contribution >= 4 is 53.4 Å². The van der Waals surface area contributed by atoms with Crippen molar-refractivity contribution in [2.24, 2.45) is 7.05 Å². The predicted octanol–water partition coefficient (Wildman–Crippen LogP) is 3.73. The molecule has 158 valence electrons. The number of hydrogen-bond donors (Lipinski definition) is 1. The number of carbonyl (C=O) groups excluding carboxylic acids is 1. The summed E-state index contributed by atoms with van der Waals surface area (Å²) >= 11 is 6.03. The van der Waals surface area contributed by atoms with Crippen LogP contribution in [0.15, 0.2) is 35.0 Å². The molecule has 1 atom stereocenters. The molecule has 0 bridgehead atoms. The van der Waals surface area contributed by atoms with E-state index in [2.05, 4.69) is 15.4 Å². The highest BCUT2D eigenvalue weighted by molar-refractivity contribution is 6.31. The van der Waals surface area contributed by atoms with Gasteiger partial charge in [0.05, 0.1) is 6.20 Å². The molecule has 2 aromatic heterocycles. The number of amides is 1. The Labute approximate surface area is 186 Å². The van der Waals surface area contributed by atoms with Gasteiger partial charge in [-0.25, -0.2) is 4.98 Å². The maximum absolute atomic E-state index is 12.9. The topological polar surface area (TPSA) is 76.2 Å². The van der Waals surface area contributed by atoms with E-state index in [4.69, 9.17) is 16.0 Å². The van der Waals surface area contributed by atoms with Crippen molar-refractivity contribution in [2.75, 3.05) is 20.1 Å². The van der Waals surface area contributed by atoms with Gasteiger partial charge in [0.15, 0.2) is 11.5 Å². The van der Waals surface area contributed by atoms with Crippen molar-refractivity contribution in [3.63, 3.8) is 0 Å². The first-order valence-electron chi connectivity index (χ1n) is 9.05. The number of benzene rings is 1. The highest BCUT2D eigenvalue weighted by Crippen LogP contribution is 2.31. The lowest BCUT2D eigenvalue weighted by Gasteiger charge is -2.33. The summed E-state index contributed by atoms with van der Waals surface area (Å²) < 4.78 is 7.61. The molecule has 0 aliphatic carbocycles. The molecule has 1 aromatic carbocycles. The van der Waals surface area contributed by atoms with E-state index >= 15 is 0 Å². The number of oxazole rings is 1. The monoisotopic (exact) mass is 459 g/mol. The Morgan fingerprint density at radius 2 is 2.03 bits per heavy atom.